The van der Waals surface area contributed by atoms with Crippen LogP contribution in [0.25, 0.3) is 6.08 Å². The van der Waals surface area contributed by atoms with E-state index in [1.807, 2.05) is 12.1 Å². The van der Waals surface area contributed by atoms with E-state index in [4.69, 9.17) is 0 Å². The third-order valence-corrected chi connectivity index (χ3v) is 5.98. The fourth-order valence-electron chi connectivity index (χ4n) is 4.63. The second-order valence-corrected chi connectivity index (χ2v) is 7.71. The van der Waals surface area contributed by atoms with Crippen molar-refractivity contribution in [3.05, 3.63) is 77.9 Å². The molecule has 140 valence electrons. The van der Waals surface area contributed by atoms with E-state index in [-0.39, 0.29) is 5.54 Å². The van der Waals surface area contributed by atoms with Crippen molar-refractivity contribution in [1.29, 1.82) is 0 Å². The van der Waals surface area contributed by atoms with Gasteiger partial charge in [0.15, 0.2) is 0 Å². The van der Waals surface area contributed by atoms with E-state index in [1.165, 1.54) is 11.1 Å². The lowest BCUT2D eigenvalue weighted by molar-refractivity contribution is -0.147. The smallest absolute Gasteiger partial charge is 0.243 e. The van der Waals surface area contributed by atoms with Crippen LogP contribution in [0.3, 0.4) is 0 Å². The van der Waals surface area contributed by atoms with Gasteiger partial charge in [0.05, 0.1) is 0 Å². The van der Waals surface area contributed by atoms with Gasteiger partial charge in [-0.25, -0.2) is 0 Å². The Morgan fingerprint density at radius 1 is 0.889 bits per heavy atom. The second kappa shape index (κ2) is 8.10. The minimum atomic E-state index is -0.284. The number of amides is 1. The zero-order valence-electron chi connectivity index (χ0n) is 15.9. The number of nitrogens with zero attached hydrogens (tertiary/aromatic N) is 2. The maximum Gasteiger partial charge on any atom is 0.243 e. The van der Waals surface area contributed by atoms with Crippen molar-refractivity contribution in [3.63, 3.8) is 0 Å². The Balaban J connectivity index is 1.46. The van der Waals surface area contributed by atoms with Crippen molar-refractivity contribution in [2.75, 3.05) is 19.6 Å². The molecule has 1 spiro atoms. The van der Waals surface area contributed by atoms with Crippen LogP contribution in [0.1, 0.15) is 36.8 Å². The van der Waals surface area contributed by atoms with E-state index >= 15 is 0 Å². The predicted octanol–water partition coefficient (Wildman–Crippen LogP) is 4.36. The van der Waals surface area contributed by atoms with Crippen LogP contribution in [0.2, 0.25) is 0 Å². The molecule has 1 atom stereocenters. The van der Waals surface area contributed by atoms with Crippen molar-refractivity contribution >= 4 is 12.0 Å². The first-order valence-electron chi connectivity index (χ1n) is 10.1. The van der Waals surface area contributed by atoms with E-state index in [0.29, 0.717) is 5.91 Å². The lowest BCUT2D eigenvalue weighted by atomic mass is 9.85. The first-order chi connectivity index (χ1) is 13.3. The van der Waals surface area contributed by atoms with Crippen LogP contribution < -0.4 is 0 Å². The highest BCUT2D eigenvalue weighted by Crippen LogP contribution is 2.38. The number of hydrogen-bond acceptors (Lipinski definition) is 2. The standard InChI is InChI=1S/C24H28N2O/c27-23-24(15-8-17-25(23)20-22-12-5-2-6-13-22)16-9-19-26(24)18-7-14-21-10-3-1-4-11-21/h1-7,10-14H,8-9,15-20H2. The van der Waals surface area contributed by atoms with E-state index in [2.05, 4.69) is 70.5 Å². The molecule has 1 unspecified atom stereocenters. The molecule has 0 radical (unpaired) electrons. The summed E-state index contributed by atoms with van der Waals surface area (Å²) in [5, 5.41) is 0. The number of piperidine rings is 1. The summed E-state index contributed by atoms with van der Waals surface area (Å²) in [5.74, 6) is 0.336. The molecule has 2 heterocycles. The topological polar surface area (TPSA) is 23.6 Å². The lowest BCUT2D eigenvalue weighted by Crippen LogP contribution is -2.59. The molecule has 0 saturated carbocycles. The van der Waals surface area contributed by atoms with Crippen molar-refractivity contribution in [2.24, 2.45) is 0 Å². The van der Waals surface area contributed by atoms with Gasteiger partial charge in [-0.2, -0.15) is 0 Å². The summed E-state index contributed by atoms with van der Waals surface area (Å²) in [4.78, 5) is 18.0. The van der Waals surface area contributed by atoms with Crippen LogP contribution in [0.5, 0.6) is 0 Å². The molecule has 2 fully saturated rings. The second-order valence-electron chi connectivity index (χ2n) is 7.71. The van der Waals surface area contributed by atoms with Gasteiger partial charge in [0.1, 0.15) is 5.54 Å². The Hall–Kier alpha value is -2.39. The Bertz CT molecular complexity index is 787. The van der Waals surface area contributed by atoms with E-state index in [1.54, 1.807) is 0 Å². The quantitative estimate of drug-likeness (QED) is 0.791. The SMILES string of the molecule is O=C1N(Cc2ccccc2)CCCC12CCCN2CC=Cc1ccccc1. The zero-order valence-corrected chi connectivity index (χ0v) is 15.9. The maximum atomic E-state index is 13.5. The van der Waals surface area contributed by atoms with Gasteiger partial charge in [-0.15, -0.1) is 0 Å². The largest absolute Gasteiger partial charge is 0.337 e. The number of carbonyl (C=O) groups is 1. The van der Waals surface area contributed by atoms with E-state index in [0.717, 1.165) is 51.9 Å². The monoisotopic (exact) mass is 360 g/mol. The molecule has 3 nitrogen and oxygen atoms in total. The molecule has 27 heavy (non-hydrogen) atoms. The summed E-state index contributed by atoms with van der Waals surface area (Å²) >= 11 is 0. The highest BCUT2D eigenvalue weighted by Gasteiger charge is 2.50. The number of rotatable bonds is 5. The normalized spacial score (nSPS) is 23.6. The van der Waals surface area contributed by atoms with Gasteiger partial charge in [0.2, 0.25) is 5.91 Å². The first-order valence-corrected chi connectivity index (χ1v) is 10.1. The molecule has 0 aliphatic carbocycles. The summed E-state index contributed by atoms with van der Waals surface area (Å²) in [5.41, 5.74) is 2.15. The fraction of sp³-hybridized carbons (Fsp3) is 0.375. The summed E-state index contributed by atoms with van der Waals surface area (Å²) < 4.78 is 0. The van der Waals surface area contributed by atoms with Gasteiger partial charge >= 0.3 is 0 Å². The lowest BCUT2D eigenvalue weighted by Gasteiger charge is -2.44. The van der Waals surface area contributed by atoms with Gasteiger partial charge in [-0.1, -0.05) is 72.8 Å². The molecule has 4 rings (SSSR count). The fourth-order valence-corrected chi connectivity index (χ4v) is 4.63. The number of hydrogen-bond donors (Lipinski definition) is 0. The minimum Gasteiger partial charge on any atom is -0.337 e. The van der Waals surface area contributed by atoms with Crippen LogP contribution in [0, 0.1) is 0 Å². The van der Waals surface area contributed by atoms with Gasteiger partial charge in [0.25, 0.3) is 0 Å². The molecule has 2 aliphatic rings. The van der Waals surface area contributed by atoms with Gasteiger partial charge in [-0.3, -0.25) is 9.69 Å². The predicted molar refractivity (Wildman–Crippen MR) is 110 cm³/mol. The summed E-state index contributed by atoms with van der Waals surface area (Å²) in [7, 11) is 0. The highest BCUT2D eigenvalue weighted by atomic mass is 16.2. The number of benzene rings is 2. The van der Waals surface area contributed by atoms with Crippen molar-refractivity contribution in [2.45, 2.75) is 37.8 Å². The van der Waals surface area contributed by atoms with Crippen LogP contribution in [-0.2, 0) is 11.3 Å². The summed E-state index contributed by atoms with van der Waals surface area (Å²) in [6.07, 6.45) is 8.58. The van der Waals surface area contributed by atoms with Crippen molar-refractivity contribution < 1.29 is 4.79 Å². The van der Waals surface area contributed by atoms with Gasteiger partial charge in [0, 0.05) is 19.6 Å². The van der Waals surface area contributed by atoms with E-state index < -0.39 is 0 Å². The average molecular weight is 361 g/mol. The van der Waals surface area contributed by atoms with Crippen LogP contribution in [0.15, 0.2) is 66.7 Å². The van der Waals surface area contributed by atoms with Gasteiger partial charge in [-0.05, 0) is 43.4 Å². The summed E-state index contributed by atoms with van der Waals surface area (Å²) in [6.45, 7) is 3.47. The molecular formula is C24H28N2O. The number of likely N-dealkylation sites (tertiary alicyclic amines) is 2. The molecule has 0 bridgehead atoms. The molecule has 1 amide bonds. The van der Waals surface area contributed by atoms with E-state index in [9.17, 15) is 4.79 Å². The third kappa shape index (κ3) is 3.84. The Morgan fingerprint density at radius 2 is 1.56 bits per heavy atom. The minimum absolute atomic E-state index is 0.284. The summed E-state index contributed by atoms with van der Waals surface area (Å²) in [6, 6.07) is 20.7. The Morgan fingerprint density at radius 3 is 2.30 bits per heavy atom. The molecule has 2 aliphatic heterocycles. The average Bonchev–Trinajstić information content (AvgIpc) is 3.11. The van der Waals surface area contributed by atoms with Crippen LogP contribution in [-0.4, -0.2) is 40.9 Å². The van der Waals surface area contributed by atoms with Crippen molar-refractivity contribution in [3.8, 4) is 0 Å². The molecule has 0 N–H and O–H groups in total. The third-order valence-electron chi connectivity index (χ3n) is 5.98. The van der Waals surface area contributed by atoms with Crippen molar-refractivity contribution in [1.82, 2.24) is 9.80 Å². The molecule has 2 aromatic rings. The van der Waals surface area contributed by atoms with Crippen LogP contribution in [0.4, 0.5) is 0 Å². The highest BCUT2D eigenvalue weighted by molar-refractivity contribution is 5.87. The van der Waals surface area contributed by atoms with Gasteiger partial charge < -0.3 is 4.90 Å². The molecule has 2 aromatic carbocycles. The maximum absolute atomic E-state index is 13.5. The molecule has 0 aromatic heterocycles. The Kier molecular flexibility index (Phi) is 5.40. The molecule has 3 heteroatoms. The molecular weight excluding hydrogens is 332 g/mol. The zero-order chi connectivity index (χ0) is 18.5. The Labute approximate surface area is 162 Å². The first kappa shape index (κ1) is 18.0. The number of carbonyl (C=O) groups excluding carboxylic acids is 1. The molecule has 2 saturated heterocycles. The van der Waals surface area contributed by atoms with Crippen LogP contribution >= 0.6 is 0 Å².